The summed E-state index contributed by atoms with van der Waals surface area (Å²) in [6.07, 6.45) is 0.226. The molecule has 0 aromatic rings. The van der Waals surface area contributed by atoms with Gasteiger partial charge in [0.05, 0.1) is 12.1 Å². The van der Waals surface area contributed by atoms with E-state index < -0.39 is 18.3 Å². The number of ether oxygens (including phenoxy) is 3. The summed E-state index contributed by atoms with van der Waals surface area (Å²) in [5.41, 5.74) is -0.383. The van der Waals surface area contributed by atoms with E-state index in [1.54, 1.807) is 0 Å². The normalized spacial score (nSPS) is 38.2. The molecule has 2 fully saturated rings. The minimum absolute atomic E-state index is 0.134. The van der Waals surface area contributed by atoms with Crippen molar-refractivity contribution in [3.8, 4) is 0 Å². The molecule has 1 aliphatic carbocycles. The molecule has 0 bridgehead atoms. The second-order valence-electron chi connectivity index (χ2n) is 6.54. The van der Waals surface area contributed by atoms with Gasteiger partial charge >= 0.3 is 11.9 Å². The molecule has 0 aromatic carbocycles. The fraction of sp³-hybridized carbons (Fsp3) is 0.812. The summed E-state index contributed by atoms with van der Waals surface area (Å²) in [6.45, 7) is 8.08. The Hall–Kier alpha value is -1.63. The number of carbonyl (C=O) groups is 3. The van der Waals surface area contributed by atoms with Gasteiger partial charge < -0.3 is 19.5 Å². The van der Waals surface area contributed by atoms with Gasteiger partial charge in [-0.3, -0.25) is 14.4 Å². The van der Waals surface area contributed by atoms with Crippen molar-refractivity contribution in [2.45, 2.75) is 72.0 Å². The summed E-state index contributed by atoms with van der Waals surface area (Å²) < 4.78 is 16.7. The zero-order valence-corrected chi connectivity index (χ0v) is 14.3. The molecule has 130 valence electrons. The number of rotatable bonds is 5. The zero-order chi connectivity index (χ0) is 17.4. The van der Waals surface area contributed by atoms with Gasteiger partial charge in [0, 0.05) is 32.1 Å². The van der Waals surface area contributed by atoms with Crippen molar-refractivity contribution in [1.82, 2.24) is 5.32 Å². The molecule has 1 aliphatic heterocycles. The zero-order valence-electron chi connectivity index (χ0n) is 14.3. The van der Waals surface area contributed by atoms with Crippen LogP contribution in [0.25, 0.3) is 0 Å². The van der Waals surface area contributed by atoms with E-state index in [4.69, 9.17) is 14.2 Å². The van der Waals surface area contributed by atoms with E-state index in [-0.39, 0.29) is 35.4 Å². The van der Waals surface area contributed by atoms with E-state index in [1.807, 2.05) is 13.8 Å². The van der Waals surface area contributed by atoms with E-state index >= 15 is 0 Å². The Bertz CT molecular complexity index is 507. The third-order valence-electron chi connectivity index (χ3n) is 4.72. The minimum atomic E-state index is -0.869. The molecule has 0 radical (unpaired) electrons. The molecule has 2 aliphatic rings. The van der Waals surface area contributed by atoms with Crippen molar-refractivity contribution >= 4 is 17.8 Å². The van der Waals surface area contributed by atoms with E-state index in [1.165, 1.54) is 20.8 Å². The minimum Gasteiger partial charge on any atom is -0.461 e. The van der Waals surface area contributed by atoms with Crippen LogP contribution in [0.1, 0.15) is 47.5 Å². The van der Waals surface area contributed by atoms with Gasteiger partial charge in [-0.25, -0.2) is 0 Å². The average Bonchev–Trinajstić information content (AvgIpc) is 2.99. The molecule has 2 rings (SSSR count). The quantitative estimate of drug-likeness (QED) is 0.762. The van der Waals surface area contributed by atoms with Gasteiger partial charge in [-0.05, 0) is 6.42 Å². The molecule has 7 heteroatoms. The van der Waals surface area contributed by atoms with Gasteiger partial charge in [0.25, 0.3) is 0 Å². The summed E-state index contributed by atoms with van der Waals surface area (Å²) >= 11 is 0. The number of nitrogens with one attached hydrogen (secondary N) is 1. The molecule has 1 heterocycles. The van der Waals surface area contributed by atoms with Crippen molar-refractivity contribution in [3.05, 3.63) is 0 Å². The molecule has 6 atom stereocenters. The van der Waals surface area contributed by atoms with Crippen LogP contribution in [0.15, 0.2) is 0 Å². The van der Waals surface area contributed by atoms with Crippen LogP contribution in [-0.2, 0) is 28.6 Å². The predicted molar refractivity (Wildman–Crippen MR) is 80.1 cm³/mol. The van der Waals surface area contributed by atoms with Crippen LogP contribution in [0, 0.1) is 11.3 Å². The second kappa shape index (κ2) is 6.47. The number of esters is 2. The molecular weight excluding hydrogens is 302 g/mol. The molecule has 1 amide bonds. The number of hydrogen-bond donors (Lipinski definition) is 1. The van der Waals surface area contributed by atoms with Gasteiger partial charge in [-0.15, -0.1) is 0 Å². The van der Waals surface area contributed by atoms with Gasteiger partial charge in [-0.2, -0.15) is 0 Å². The highest BCUT2D eigenvalue weighted by Crippen LogP contribution is 2.63. The Morgan fingerprint density at radius 1 is 1.13 bits per heavy atom. The molecule has 1 N–H and O–H groups in total. The molecule has 7 nitrogen and oxygen atoms in total. The van der Waals surface area contributed by atoms with Crippen LogP contribution in [0.5, 0.6) is 0 Å². The number of amides is 1. The first kappa shape index (κ1) is 17.7. The van der Waals surface area contributed by atoms with Crippen LogP contribution >= 0.6 is 0 Å². The Labute approximate surface area is 136 Å². The Morgan fingerprint density at radius 3 is 2.22 bits per heavy atom. The fourth-order valence-corrected chi connectivity index (χ4v) is 3.74. The van der Waals surface area contributed by atoms with Crippen LogP contribution in [0.4, 0.5) is 0 Å². The molecule has 0 aromatic heterocycles. The first-order valence-corrected chi connectivity index (χ1v) is 7.98. The maximum atomic E-state index is 11.5. The van der Waals surface area contributed by atoms with Crippen LogP contribution in [0.3, 0.4) is 0 Å². The van der Waals surface area contributed by atoms with Crippen molar-refractivity contribution in [3.63, 3.8) is 0 Å². The third kappa shape index (κ3) is 3.34. The molecule has 23 heavy (non-hydrogen) atoms. The first-order chi connectivity index (χ1) is 10.7. The fourth-order valence-electron chi connectivity index (χ4n) is 3.74. The van der Waals surface area contributed by atoms with Crippen LogP contribution in [0.2, 0.25) is 0 Å². The smallest absolute Gasteiger partial charge is 0.305 e. The summed E-state index contributed by atoms with van der Waals surface area (Å²) in [4.78, 5) is 34.3. The molecule has 0 spiro atoms. The lowest BCUT2D eigenvalue weighted by Crippen LogP contribution is -2.54. The highest BCUT2D eigenvalue weighted by atomic mass is 16.7. The summed E-state index contributed by atoms with van der Waals surface area (Å²) in [5, 5.41) is 2.79. The largest absolute Gasteiger partial charge is 0.461 e. The Morgan fingerprint density at radius 2 is 1.74 bits per heavy atom. The van der Waals surface area contributed by atoms with Crippen LogP contribution < -0.4 is 5.32 Å². The molecule has 5 unspecified atom stereocenters. The van der Waals surface area contributed by atoms with Crippen LogP contribution in [-0.4, -0.2) is 42.4 Å². The predicted octanol–water partition coefficient (Wildman–Crippen LogP) is 1.15. The molecule has 1 saturated carbocycles. The van der Waals surface area contributed by atoms with Gasteiger partial charge in [0.15, 0.2) is 0 Å². The van der Waals surface area contributed by atoms with Gasteiger partial charge in [-0.1, -0.05) is 20.3 Å². The topological polar surface area (TPSA) is 90.9 Å². The van der Waals surface area contributed by atoms with E-state index in [0.717, 1.165) is 12.8 Å². The molecule has 1 saturated heterocycles. The van der Waals surface area contributed by atoms with Crippen molar-refractivity contribution in [2.75, 3.05) is 0 Å². The number of carbonyl (C=O) groups excluding carboxylic acids is 3. The SMILES string of the molecule is CCCC1O[C@@H](OC(C)=O)C(NC(C)=O)C2C(OC(C)=O)C12C. The summed E-state index contributed by atoms with van der Waals surface area (Å²) in [7, 11) is 0. The van der Waals surface area contributed by atoms with Crippen molar-refractivity contribution in [1.29, 1.82) is 0 Å². The van der Waals surface area contributed by atoms with E-state index in [2.05, 4.69) is 5.32 Å². The maximum absolute atomic E-state index is 11.5. The first-order valence-electron chi connectivity index (χ1n) is 7.98. The van der Waals surface area contributed by atoms with Crippen molar-refractivity contribution < 1.29 is 28.6 Å². The van der Waals surface area contributed by atoms with Crippen molar-refractivity contribution in [2.24, 2.45) is 11.3 Å². The summed E-state index contributed by atoms with van der Waals surface area (Å²) in [6, 6.07) is -0.529. The lowest BCUT2D eigenvalue weighted by molar-refractivity contribution is -0.223. The average molecular weight is 327 g/mol. The summed E-state index contributed by atoms with van der Waals surface area (Å²) in [5.74, 6) is -1.23. The highest BCUT2D eigenvalue weighted by Gasteiger charge is 2.75. The van der Waals surface area contributed by atoms with E-state index in [0.29, 0.717) is 0 Å². The number of fused-ring (bicyclic) bond motifs is 1. The standard InChI is InChI=1S/C16H25NO6/c1-6-7-11-16(5)12(14(16)21-9(3)19)13(17-8(2)18)15(23-11)22-10(4)20/h11-15H,6-7H2,1-5H3,(H,17,18)/t11?,12?,13?,14?,15-,16?/m1/s1. The Kier molecular flexibility index (Phi) is 4.98. The van der Waals surface area contributed by atoms with E-state index in [9.17, 15) is 14.4 Å². The monoisotopic (exact) mass is 327 g/mol. The second-order valence-corrected chi connectivity index (χ2v) is 6.54. The lowest BCUT2D eigenvalue weighted by atomic mass is 9.89. The number of hydrogen-bond acceptors (Lipinski definition) is 6. The highest BCUT2D eigenvalue weighted by molar-refractivity contribution is 5.74. The maximum Gasteiger partial charge on any atom is 0.305 e. The molecular formula is C16H25NO6. The lowest BCUT2D eigenvalue weighted by Gasteiger charge is -2.38. The Balaban J connectivity index is 2.29. The van der Waals surface area contributed by atoms with Gasteiger partial charge in [0.2, 0.25) is 12.2 Å². The third-order valence-corrected chi connectivity index (χ3v) is 4.72. The van der Waals surface area contributed by atoms with Gasteiger partial charge in [0.1, 0.15) is 6.10 Å².